The first kappa shape index (κ1) is 24.6. The smallest absolute Gasteiger partial charge is 0.418 e. The number of carbonyl (C=O) groups is 4. The number of carbonyl (C=O) groups excluding carboxylic acids is 4. The zero-order valence-electron chi connectivity index (χ0n) is 21.4. The lowest BCUT2D eigenvalue weighted by Gasteiger charge is -2.30. The molecule has 0 aromatic heterocycles. The van der Waals surface area contributed by atoms with Gasteiger partial charge >= 0.3 is 6.09 Å². The molecule has 2 aliphatic carbocycles. The van der Waals surface area contributed by atoms with Crippen LogP contribution in [0.15, 0.2) is 48.5 Å². The average molecular weight is 517 g/mol. The van der Waals surface area contributed by atoms with E-state index in [0.717, 1.165) is 28.9 Å². The Labute approximate surface area is 221 Å². The van der Waals surface area contributed by atoms with Gasteiger partial charge in [0.2, 0.25) is 17.4 Å². The fourth-order valence-electron chi connectivity index (χ4n) is 5.75. The van der Waals surface area contributed by atoms with Crippen LogP contribution in [0.4, 0.5) is 10.5 Å². The third kappa shape index (κ3) is 4.34. The molecular weight excluding hydrogens is 484 g/mol. The molecule has 2 heterocycles. The van der Waals surface area contributed by atoms with Crippen LogP contribution in [-0.2, 0) is 37.7 Å². The minimum atomic E-state index is -1.42. The van der Waals surface area contributed by atoms with Gasteiger partial charge in [0.15, 0.2) is 0 Å². The Morgan fingerprint density at radius 2 is 1.92 bits per heavy atom. The third-order valence-corrected chi connectivity index (χ3v) is 8.38. The number of nitrogens with zero attached hydrogens (tertiary/aromatic N) is 2. The van der Waals surface area contributed by atoms with Crippen LogP contribution in [0.3, 0.4) is 0 Å². The highest BCUT2D eigenvalue weighted by Crippen LogP contribution is 2.46. The molecule has 2 aromatic rings. The van der Waals surface area contributed by atoms with Crippen LogP contribution in [0, 0.1) is 11.8 Å². The predicted molar refractivity (Wildman–Crippen MR) is 139 cm³/mol. The molecule has 0 radical (unpaired) electrons. The number of nitrogens with one attached hydrogen (secondary N) is 2. The van der Waals surface area contributed by atoms with E-state index in [4.69, 9.17) is 4.74 Å². The van der Waals surface area contributed by atoms with Crippen molar-refractivity contribution in [2.75, 3.05) is 25.0 Å². The van der Waals surface area contributed by atoms with E-state index in [1.165, 1.54) is 0 Å². The second kappa shape index (κ2) is 9.54. The Morgan fingerprint density at radius 1 is 1.16 bits per heavy atom. The highest BCUT2D eigenvalue weighted by molar-refractivity contribution is 6.06. The fourth-order valence-corrected chi connectivity index (χ4v) is 5.75. The summed E-state index contributed by atoms with van der Waals surface area (Å²) in [6.07, 6.45) is 2.20. The van der Waals surface area contributed by atoms with Crippen LogP contribution in [0.5, 0.6) is 0 Å². The maximum Gasteiger partial charge on any atom is 0.418 e. The molecular formula is C29H32N4O5. The molecule has 2 atom stereocenters. The summed E-state index contributed by atoms with van der Waals surface area (Å²) < 4.78 is 5.74. The van der Waals surface area contributed by atoms with Crippen LogP contribution < -0.4 is 10.6 Å². The van der Waals surface area contributed by atoms with Gasteiger partial charge < -0.3 is 20.3 Å². The lowest BCUT2D eigenvalue weighted by atomic mass is 9.94. The summed E-state index contributed by atoms with van der Waals surface area (Å²) >= 11 is 0. The maximum absolute atomic E-state index is 13.7. The standard InChI is InChI=1S/C29H32N4O5/c1-18(20-7-8-20)32(16-19-5-3-2-4-6-19)25(34)17-33-27(36)29(38-28(33)37)12-11-21-13-23(9-10-24(21)29)31-26(35)22-14-30-15-22/h2-6,9-10,13,18,20,22,30H,7-8,11-12,14-17H2,1H3,(H,31,35)/t18-,29?/m0/s1. The first-order chi connectivity index (χ1) is 18.4. The molecule has 38 heavy (non-hydrogen) atoms. The molecule has 1 saturated carbocycles. The van der Waals surface area contributed by atoms with Crippen molar-refractivity contribution < 1.29 is 23.9 Å². The monoisotopic (exact) mass is 516 g/mol. The van der Waals surface area contributed by atoms with Gasteiger partial charge in [0.1, 0.15) is 6.54 Å². The van der Waals surface area contributed by atoms with Crippen LogP contribution in [-0.4, -0.2) is 59.3 Å². The van der Waals surface area contributed by atoms with Crippen molar-refractivity contribution in [1.82, 2.24) is 15.1 Å². The van der Waals surface area contributed by atoms with Crippen LogP contribution in [0.1, 0.15) is 42.9 Å². The van der Waals surface area contributed by atoms with Crippen LogP contribution in [0.25, 0.3) is 0 Å². The van der Waals surface area contributed by atoms with E-state index in [1.807, 2.05) is 43.3 Å². The second-order valence-corrected chi connectivity index (χ2v) is 10.9. The van der Waals surface area contributed by atoms with E-state index in [9.17, 15) is 19.2 Å². The minimum Gasteiger partial charge on any atom is -0.427 e. The van der Waals surface area contributed by atoms with Crippen molar-refractivity contribution in [3.05, 3.63) is 65.2 Å². The number of aryl methyl sites for hydroxylation is 1. The number of fused-ring (bicyclic) bond motifs is 2. The van der Waals surface area contributed by atoms with Gasteiger partial charge in [-0.25, -0.2) is 9.69 Å². The molecule has 2 saturated heterocycles. The molecule has 4 amide bonds. The number of hydrogen-bond donors (Lipinski definition) is 2. The number of amides is 4. The number of benzene rings is 2. The fraction of sp³-hybridized carbons (Fsp3) is 0.448. The Balaban J connectivity index is 1.18. The SMILES string of the molecule is C[C@@H](C1CC1)N(Cc1ccccc1)C(=O)CN1C(=O)OC2(CCc3cc(NC(=O)C4CNC4)ccc32)C1=O. The van der Waals surface area contributed by atoms with Gasteiger partial charge in [-0.1, -0.05) is 36.4 Å². The van der Waals surface area contributed by atoms with Gasteiger partial charge in [-0.15, -0.1) is 0 Å². The van der Waals surface area contributed by atoms with E-state index in [1.54, 1.807) is 17.0 Å². The number of ether oxygens (including phenoxy) is 1. The Kier molecular flexibility index (Phi) is 6.18. The van der Waals surface area contributed by atoms with Crippen molar-refractivity contribution in [2.45, 2.75) is 50.8 Å². The van der Waals surface area contributed by atoms with Crippen molar-refractivity contribution in [1.29, 1.82) is 0 Å². The molecule has 3 fully saturated rings. The van der Waals surface area contributed by atoms with E-state index in [0.29, 0.717) is 49.6 Å². The summed E-state index contributed by atoms with van der Waals surface area (Å²) in [6, 6.07) is 15.1. The van der Waals surface area contributed by atoms with Gasteiger partial charge in [-0.2, -0.15) is 0 Å². The summed E-state index contributed by atoms with van der Waals surface area (Å²) in [7, 11) is 0. The number of imide groups is 1. The highest BCUT2D eigenvalue weighted by Gasteiger charge is 2.58. The third-order valence-electron chi connectivity index (χ3n) is 8.38. The maximum atomic E-state index is 13.7. The van der Waals surface area contributed by atoms with Gasteiger partial charge in [0.05, 0.1) is 5.92 Å². The molecule has 6 rings (SSSR count). The molecule has 2 N–H and O–H groups in total. The summed E-state index contributed by atoms with van der Waals surface area (Å²) in [5, 5.41) is 6.02. The van der Waals surface area contributed by atoms with Crippen molar-refractivity contribution in [3.63, 3.8) is 0 Å². The summed E-state index contributed by atoms with van der Waals surface area (Å²) in [6.45, 7) is 3.45. The van der Waals surface area contributed by atoms with E-state index in [-0.39, 0.29) is 30.3 Å². The number of anilines is 1. The molecule has 9 nitrogen and oxygen atoms in total. The predicted octanol–water partition coefficient (Wildman–Crippen LogP) is 2.79. The molecule has 1 spiro atoms. The molecule has 2 aliphatic heterocycles. The van der Waals surface area contributed by atoms with Gasteiger partial charge in [0, 0.05) is 43.3 Å². The summed E-state index contributed by atoms with van der Waals surface area (Å²) in [5.41, 5.74) is 1.73. The lowest BCUT2D eigenvalue weighted by molar-refractivity contribution is -0.143. The topological polar surface area (TPSA) is 108 Å². The van der Waals surface area contributed by atoms with Crippen LogP contribution in [0.2, 0.25) is 0 Å². The Bertz CT molecular complexity index is 1290. The Morgan fingerprint density at radius 3 is 2.61 bits per heavy atom. The van der Waals surface area contributed by atoms with Gasteiger partial charge in [-0.3, -0.25) is 14.4 Å². The minimum absolute atomic E-state index is 0.0157. The average Bonchev–Trinajstić information content (AvgIpc) is 3.62. The molecule has 198 valence electrons. The number of rotatable bonds is 8. The molecule has 0 bridgehead atoms. The summed E-state index contributed by atoms with van der Waals surface area (Å²) in [5.74, 6) is -0.401. The zero-order chi connectivity index (χ0) is 26.4. The van der Waals surface area contributed by atoms with Crippen LogP contribution >= 0.6 is 0 Å². The molecule has 4 aliphatic rings. The van der Waals surface area contributed by atoms with Crippen molar-refractivity contribution in [3.8, 4) is 0 Å². The quantitative estimate of drug-likeness (QED) is 0.559. The number of hydrogen-bond acceptors (Lipinski definition) is 6. The highest BCUT2D eigenvalue weighted by atomic mass is 16.6. The van der Waals surface area contributed by atoms with Gasteiger partial charge in [-0.05, 0) is 55.4 Å². The van der Waals surface area contributed by atoms with E-state index >= 15 is 0 Å². The Hall–Kier alpha value is -3.72. The van der Waals surface area contributed by atoms with Crippen molar-refractivity contribution >= 4 is 29.5 Å². The zero-order valence-corrected chi connectivity index (χ0v) is 21.4. The molecule has 9 heteroatoms. The van der Waals surface area contributed by atoms with E-state index < -0.39 is 17.6 Å². The lowest BCUT2D eigenvalue weighted by Crippen LogP contribution is -2.48. The molecule has 2 aromatic carbocycles. The first-order valence-corrected chi connectivity index (χ1v) is 13.4. The molecule has 1 unspecified atom stereocenters. The largest absolute Gasteiger partial charge is 0.427 e. The normalized spacial score (nSPS) is 23.1. The van der Waals surface area contributed by atoms with Gasteiger partial charge in [0.25, 0.3) is 5.91 Å². The summed E-state index contributed by atoms with van der Waals surface area (Å²) in [4.78, 5) is 55.2. The second-order valence-electron chi connectivity index (χ2n) is 10.9. The van der Waals surface area contributed by atoms with Crippen molar-refractivity contribution in [2.24, 2.45) is 11.8 Å². The van der Waals surface area contributed by atoms with E-state index in [2.05, 4.69) is 10.6 Å². The first-order valence-electron chi connectivity index (χ1n) is 13.4.